The monoisotopic (exact) mass is 331 g/mol. The number of benzene rings is 1. The molecular formula is C16H14ClN3OS. The molecule has 1 aromatic carbocycles. The van der Waals surface area contributed by atoms with E-state index in [1.807, 2.05) is 37.3 Å². The lowest BCUT2D eigenvalue weighted by Crippen LogP contribution is -2.24. The first-order valence-electron chi connectivity index (χ1n) is 7.17. The quantitative estimate of drug-likeness (QED) is 0.790. The first kappa shape index (κ1) is 13.8. The van der Waals surface area contributed by atoms with Crippen LogP contribution in [0.15, 0.2) is 30.3 Å². The van der Waals surface area contributed by atoms with Crippen molar-refractivity contribution in [3.63, 3.8) is 0 Å². The van der Waals surface area contributed by atoms with Crippen LogP contribution in [0, 0.1) is 6.92 Å². The standard InChI is InChI=1S/C16H14ClN3OS/c1-9-18-12-8-10(17)2-5-13(12)20(9)15-7-6-14(22-15)16(21)19-11-3-4-11/h2,5-8,11H,3-4H2,1H3,(H,19,21). The fraction of sp³-hybridized carbons (Fsp3) is 0.250. The normalized spacial score (nSPS) is 14.5. The molecule has 0 bridgehead atoms. The predicted molar refractivity (Wildman–Crippen MR) is 89.2 cm³/mol. The number of halogens is 1. The van der Waals surface area contributed by atoms with Gasteiger partial charge in [0.05, 0.1) is 15.9 Å². The van der Waals surface area contributed by atoms with Gasteiger partial charge in [0.25, 0.3) is 5.91 Å². The molecule has 0 spiro atoms. The van der Waals surface area contributed by atoms with Gasteiger partial charge in [-0.2, -0.15) is 0 Å². The zero-order valence-electron chi connectivity index (χ0n) is 12.0. The van der Waals surface area contributed by atoms with Gasteiger partial charge in [-0.3, -0.25) is 9.36 Å². The second kappa shape index (κ2) is 5.11. The number of hydrogen-bond donors (Lipinski definition) is 1. The van der Waals surface area contributed by atoms with E-state index in [4.69, 9.17) is 11.6 Å². The summed E-state index contributed by atoms with van der Waals surface area (Å²) >= 11 is 7.51. The molecule has 1 N–H and O–H groups in total. The van der Waals surface area contributed by atoms with Crippen LogP contribution in [-0.4, -0.2) is 21.5 Å². The number of carbonyl (C=O) groups excluding carboxylic acids is 1. The van der Waals surface area contributed by atoms with Crippen LogP contribution >= 0.6 is 22.9 Å². The SMILES string of the molecule is Cc1nc2cc(Cl)ccc2n1-c1ccc(C(=O)NC2CC2)s1. The van der Waals surface area contributed by atoms with Crippen LogP contribution in [0.5, 0.6) is 0 Å². The highest BCUT2D eigenvalue weighted by molar-refractivity contribution is 7.16. The van der Waals surface area contributed by atoms with Gasteiger partial charge in [-0.15, -0.1) is 11.3 Å². The number of carbonyl (C=O) groups is 1. The van der Waals surface area contributed by atoms with Gasteiger partial charge < -0.3 is 5.32 Å². The van der Waals surface area contributed by atoms with Crippen LogP contribution in [0.1, 0.15) is 28.3 Å². The number of nitrogens with zero attached hydrogens (tertiary/aromatic N) is 2. The second-order valence-corrected chi connectivity index (χ2v) is 7.01. The van der Waals surface area contributed by atoms with Crippen molar-refractivity contribution in [1.82, 2.24) is 14.9 Å². The fourth-order valence-corrected chi connectivity index (χ4v) is 3.64. The van der Waals surface area contributed by atoms with Crippen LogP contribution in [0.25, 0.3) is 16.0 Å². The van der Waals surface area contributed by atoms with E-state index in [-0.39, 0.29) is 5.91 Å². The van der Waals surface area contributed by atoms with Gasteiger partial charge >= 0.3 is 0 Å². The van der Waals surface area contributed by atoms with Crippen molar-refractivity contribution in [3.05, 3.63) is 46.1 Å². The molecule has 1 amide bonds. The summed E-state index contributed by atoms with van der Waals surface area (Å²) in [5.74, 6) is 0.900. The third kappa shape index (κ3) is 2.40. The summed E-state index contributed by atoms with van der Waals surface area (Å²) < 4.78 is 2.06. The van der Waals surface area contributed by atoms with Crippen molar-refractivity contribution in [2.75, 3.05) is 0 Å². The minimum Gasteiger partial charge on any atom is -0.349 e. The molecule has 1 saturated carbocycles. The molecule has 1 aliphatic carbocycles. The summed E-state index contributed by atoms with van der Waals surface area (Å²) in [4.78, 5) is 17.4. The Kier molecular flexibility index (Phi) is 3.20. The summed E-state index contributed by atoms with van der Waals surface area (Å²) in [6.07, 6.45) is 2.19. The molecular weight excluding hydrogens is 318 g/mol. The van der Waals surface area contributed by atoms with Crippen molar-refractivity contribution >= 4 is 39.9 Å². The van der Waals surface area contributed by atoms with Crippen LogP contribution in [0.2, 0.25) is 5.02 Å². The van der Waals surface area contributed by atoms with Crippen LogP contribution < -0.4 is 5.32 Å². The van der Waals surface area contributed by atoms with Crippen LogP contribution in [0.3, 0.4) is 0 Å². The molecule has 0 radical (unpaired) electrons. The van der Waals surface area contributed by atoms with E-state index in [0.717, 1.165) is 39.6 Å². The van der Waals surface area contributed by atoms with E-state index in [2.05, 4.69) is 14.9 Å². The van der Waals surface area contributed by atoms with Crippen LogP contribution in [0.4, 0.5) is 0 Å². The predicted octanol–water partition coefficient (Wildman–Crippen LogP) is 3.94. The van der Waals surface area contributed by atoms with E-state index in [1.54, 1.807) is 0 Å². The Bertz CT molecular complexity index is 879. The van der Waals surface area contributed by atoms with Crippen molar-refractivity contribution in [2.45, 2.75) is 25.8 Å². The van der Waals surface area contributed by atoms with Crippen molar-refractivity contribution < 1.29 is 4.79 Å². The number of amides is 1. The maximum atomic E-state index is 12.1. The van der Waals surface area contributed by atoms with E-state index in [1.165, 1.54) is 11.3 Å². The van der Waals surface area contributed by atoms with Gasteiger partial charge in [0.15, 0.2) is 0 Å². The molecule has 0 atom stereocenters. The molecule has 4 nitrogen and oxygen atoms in total. The molecule has 6 heteroatoms. The average molecular weight is 332 g/mol. The van der Waals surface area contributed by atoms with Crippen molar-refractivity contribution in [2.24, 2.45) is 0 Å². The smallest absolute Gasteiger partial charge is 0.261 e. The average Bonchev–Trinajstić information content (AvgIpc) is 3.05. The van der Waals surface area contributed by atoms with Gasteiger partial charge in [0, 0.05) is 11.1 Å². The van der Waals surface area contributed by atoms with Gasteiger partial charge in [-0.25, -0.2) is 4.98 Å². The summed E-state index contributed by atoms with van der Waals surface area (Å²) in [5, 5.41) is 4.68. The first-order valence-corrected chi connectivity index (χ1v) is 8.37. The van der Waals surface area contributed by atoms with E-state index < -0.39 is 0 Å². The largest absolute Gasteiger partial charge is 0.349 e. The lowest BCUT2D eigenvalue weighted by molar-refractivity contribution is 0.0955. The number of imidazole rings is 1. The van der Waals surface area contributed by atoms with Gasteiger partial charge in [-0.1, -0.05) is 11.6 Å². The molecule has 0 saturated heterocycles. The molecule has 4 rings (SSSR count). The van der Waals surface area contributed by atoms with Crippen molar-refractivity contribution in [3.8, 4) is 5.00 Å². The molecule has 3 aromatic rings. The maximum Gasteiger partial charge on any atom is 0.261 e. The van der Waals surface area contributed by atoms with Gasteiger partial charge in [0.2, 0.25) is 0 Å². The van der Waals surface area contributed by atoms with Gasteiger partial charge in [-0.05, 0) is 50.1 Å². The highest BCUT2D eigenvalue weighted by Crippen LogP contribution is 2.29. The Morgan fingerprint density at radius 3 is 2.95 bits per heavy atom. The molecule has 1 fully saturated rings. The summed E-state index contributed by atoms with van der Waals surface area (Å²) in [7, 11) is 0. The minimum absolute atomic E-state index is 0.0175. The number of thiophene rings is 1. The van der Waals surface area contributed by atoms with E-state index in [9.17, 15) is 4.79 Å². The highest BCUT2D eigenvalue weighted by Gasteiger charge is 2.24. The molecule has 2 aromatic heterocycles. The van der Waals surface area contributed by atoms with Crippen LogP contribution in [-0.2, 0) is 0 Å². The molecule has 112 valence electrons. The first-order chi connectivity index (χ1) is 10.6. The lowest BCUT2D eigenvalue weighted by Gasteiger charge is -2.03. The summed E-state index contributed by atoms with van der Waals surface area (Å²) in [5.41, 5.74) is 1.86. The summed E-state index contributed by atoms with van der Waals surface area (Å²) in [6, 6.07) is 9.89. The number of nitrogens with one attached hydrogen (secondary N) is 1. The second-order valence-electron chi connectivity index (χ2n) is 5.51. The van der Waals surface area contributed by atoms with E-state index >= 15 is 0 Å². The number of rotatable bonds is 3. The Hall–Kier alpha value is -1.85. The maximum absolute atomic E-state index is 12.1. The zero-order valence-corrected chi connectivity index (χ0v) is 13.5. The Labute approximate surface area is 136 Å². The molecule has 1 aliphatic rings. The highest BCUT2D eigenvalue weighted by atomic mass is 35.5. The number of fused-ring (bicyclic) bond motifs is 1. The number of hydrogen-bond acceptors (Lipinski definition) is 3. The Morgan fingerprint density at radius 2 is 2.18 bits per heavy atom. The molecule has 2 heterocycles. The van der Waals surface area contributed by atoms with Crippen molar-refractivity contribution in [1.29, 1.82) is 0 Å². The Balaban J connectivity index is 1.74. The third-order valence-electron chi connectivity index (χ3n) is 3.73. The topological polar surface area (TPSA) is 46.9 Å². The number of aromatic nitrogens is 2. The fourth-order valence-electron chi connectivity index (χ4n) is 2.51. The number of aryl methyl sites for hydroxylation is 1. The molecule has 0 unspecified atom stereocenters. The van der Waals surface area contributed by atoms with E-state index in [0.29, 0.717) is 11.1 Å². The third-order valence-corrected chi connectivity index (χ3v) is 5.04. The van der Waals surface area contributed by atoms with Gasteiger partial charge in [0.1, 0.15) is 10.8 Å². The zero-order chi connectivity index (χ0) is 15.3. The summed E-state index contributed by atoms with van der Waals surface area (Å²) in [6.45, 7) is 1.96. The Morgan fingerprint density at radius 1 is 1.36 bits per heavy atom. The molecule has 0 aliphatic heterocycles. The lowest BCUT2D eigenvalue weighted by atomic mass is 10.3. The minimum atomic E-state index is 0.0175. The molecule has 22 heavy (non-hydrogen) atoms.